The first-order valence-electron chi connectivity index (χ1n) is 7.00. The van der Waals surface area contributed by atoms with Crippen LogP contribution in [-0.4, -0.2) is 12.6 Å². The maximum Gasteiger partial charge on any atom is 0.416 e. The molecule has 0 aliphatic heterocycles. The Morgan fingerprint density at radius 1 is 1.23 bits per heavy atom. The maximum atomic E-state index is 12.4. The molecule has 22 heavy (non-hydrogen) atoms. The molecule has 1 unspecified atom stereocenters. The molecule has 0 saturated carbocycles. The van der Waals surface area contributed by atoms with E-state index in [2.05, 4.69) is 0 Å². The van der Waals surface area contributed by atoms with Crippen LogP contribution in [0.2, 0.25) is 0 Å². The summed E-state index contributed by atoms with van der Waals surface area (Å²) in [7, 11) is 0. The summed E-state index contributed by atoms with van der Waals surface area (Å²) in [6.45, 7) is 4.02. The third-order valence-electron chi connectivity index (χ3n) is 2.86. The normalized spacial score (nSPS) is 13.7. The van der Waals surface area contributed by atoms with E-state index in [-0.39, 0.29) is 18.3 Å². The summed E-state index contributed by atoms with van der Waals surface area (Å²) in [6.07, 6.45) is 3.07. The highest BCUT2D eigenvalue weighted by Crippen LogP contribution is 2.29. The van der Waals surface area contributed by atoms with Gasteiger partial charge in [0.1, 0.15) is 0 Å². The fourth-order valence-electron chi connectivity index (χ4n) is 1.71. The van der Waals surface area contributed by atoms with E-state index in [1.807, 2.05) is 19.1 Å². The van der Waals surface area contributed by atoms with Gasteiger partial charge < -0.3 is 4.74 Å². The topological polar surface area (TPSA) is 26.3 Å². The molecule has 1 aromatic carbocycles. The third-order valence-corrected chi connectivity index (χ3v) is 2.86. The molecule has 0 heterocycles. The van der Waals surface area contributed by atoms with Crippen molar-refractivity contribution in [1.82, 2.24) is 0 Å². The minimum atomic E-state index is -4.31. The van der Waals surface area contributed by atoms with Gasteiger partial charge in [-0.25, -0.2) is 0 Å². The second-order valence-corrected chi connectivity index (χ2v) is 4.78. The van der Waals surface area contributed by atoms with Crippen LogP contribution in [0, 0.1) is 5.92 Å². The van der Waals surface area contributed by atoms with Crippen molar-refractivity contribution < 1.29 is 22.7 Å². The van der Waals surface area contributed by atoms with Gasteiger partial charge in [-0.3, -0.25) is 4.79 Å². The van der Waals surface area contributed by atoms with E-state index < -0.39 is 11.7 Å². The van der Waals surface area contributed by atoms with Crippen LogP contribution in [0.25, 0.3) is 6.08 Å². The quantitative estimate of drug-likeness (QED) is 0.553. The molecule has 0 radical (unpaired) electrons. The number of benzene rings is 1. The Hall–Kier alpha value is -2.04. The lowest BCUT2D eigenvalue weighted by molar-refractivity contribution is -0.142. The van der Waals surface area contributed by atoms with Gasteiger partial charge in [-0.15, -0.1) is 0 Å². The molecule has 0 aliphatic rings. The fourth-order valence-corrected chi connectivity index (χ4v) is 1.71. The molecule has 0 saturated heterocycles. The molecule has 5 heteroatoms. The van der Waals surface area contributed by atoms with Crippen molar-refractivity contribution in [2.75, 3.05) is 6.61 Å². The summed E-state index contributed by atoms with van der Waals surface area (Å²) in [6, 6.07) is 4.96. The van der Waals surface area contributed by atoms with Gasteiger partial charge in [-0.2, -0.15) is 13.2 Å². The molecule has 0 bridgehead atoms. The zero-order valence-corrected chi connectivity index (χ0v) is 12.6. The Morgan fingerprint density at radius 3 is 2.41 bits per heavy atom. The molecule has 0 fully saturated rings. The predicted octanol–water partition coefficient (Wildman–Crippen LogP) is 4.86. The standard InChI is InChI=1S/C17H19F3O2/c1-3-22-16(21)6-4-5-13(2)7-8-14-9-11-15(12-10-14)17(18,19)20/h4-5,7-13H,3,6H2,1-2H3/b5-4-,8-7+. The zero-order chi connectivity index (χ0) is 16.6. The number of rotatable bonds is 6. The van der Waals surface area contributed by atoms with Crippen molar-refractivity contribution in [3.8, 4) is 0 Å². The first kappa shape index (κ1) is 18.0. The monoisotopic (exact) mass is 312 g/mol. The lowest BCUT2D eigenvalue weighted by Crippen LogP contribution is -2.03. The molecule has 1 atom stereocenters. The largest absolute Gasteiger partial charge is 0.466 e. The van der Waals surface area contributed by atoms with Crippen LogP contribution in [0.15, 0.2) is 42.5 Å². The second kappa shape index (κ2) is 8.41. The highest BCUT2D eigenvalue weighted by Gasteiger charge is 2.29. The van der Waals surface area contributed by atoms with Gasteiger partial charge >= 0.3 is 12.1 Å². The molecular formula is C17H19F3O2. The van der Waals surface area contributed by atoms with Crippen LogP contribution < -0.4 is 0 Å². The zero-order valence-electron chi connectivity index (χ0n) is 12.6. The first-order valence-corrected chi connectivity index (χ1v) is 7.00. The number of hydrogen-bond acceptors (Lipinski definition) is 2. The second-order valence-electron chi connectivity index (χ2n) is 4.78. The van der Waals surface area contributed by atoms with Crippen molar-refractivity contribution in [3.05, 3.63) is 53.6 Å². The van der Waals surface area contributed by atoms with Crippen molar-refractivity contribution in [2.24, 2.45) is 5.92 Å². The Morgan fingerprint density at radius 2 is 1.86 bits per heavy atom. The molecule has 1 aromatic rings. The number of carbonyl (C=O) groups is 1. The molecule has 0 aromatic heterocycles. The van der Waals surface area contributed by atoms with Gasteiger partial charge in [-0.1, -0.05) is 43.4 Å². The average molecular weight is 312 g/mol. The molecular weight excluding hydrogens is 293 g/mol. The van der Waals surface area contributed by atoms with Gasteiger partial charge in [0.2, 0.25) is 0 Å². The number of carbonyl (C=O) groups excluding carboxylic acids is 1. The summed E-state index contributed by atoms with van der Waals surface area (Å²) < 4.78 is 42.1. The van der Waals surface area contributed by atoms with Crippen molar-refractivity contribution in [1.29, 1.82) is 0 Å². The van der Waals surface area contributed by atoms with Gasteiger partial charge in [0, 0.05) is 0 Å². The van der Waals surface area contributed by atoms with Crippen molar-refractivity contribution in [3.63, 3.8) is 0 Å². The predicted molar refractivity (Wildman–Crippen MR) is 80.0 cm³/mol. The van der Waals surface area contributed by atoms with Crippen LogP contribution in [0.1, 0.15) is 31.4 Å². The van der Waals surface area contributed by atoms with E-state index in [0.717, 1.165) is 12.1 Å². The number of alkyl halides is 3. The highest BCUT2D eigenvalue weighted by molar-refractivity contribution is 5.71. The number of allylic oxidation sites excluding steroid dienone is 2. The maximum absolute atomic E-state index is 12.4. The third kappa shape index (κ3) is 6.61. The van der Waals surface area contributed by atoms with E-state index in [9.17, 15) is 18.0 Å². The Labute approximate surface area is 128 Å². The summed E-state index contributed by atoms with van der Waals surface area (Å²) >= 11 is 0. The SMILES string of the molecule is CCOC(=O)C/C=C\C(C)/C=C/c1ccc(C(F)(F)F)cc1. The van der Waals surface area contributed by atoms with E-state index in [4.69, 9.17) is 4.74 Å². The molecule has 120 valence electrons. The molecule has 0 amide bonds. The van der Waals surface area contributed by atoms with E-state index >= 15 is 0 Å². The summed E-state index contributed by atoms with van der Waals surface area (Å²) in [5.74, 6) is -0.214. The highest BCUT2D eigenvalue weighted by atomic mass is 19.4. The number of halogens is 3. The van der Waals surface area contributed by atoms with Crippen LogP contribution in [0.5, 0.6) is 0 Å². The first-order chi connectivity index (χ1) is 10.3. The van der Waals surface area contributed by atoms with Crippen LogP contribution in [0.3, 0.4) is 0 Å². The average Bonchev–Trinajstić information content (AvgIpc) is 2.45. The smallest absolute Gasteiger partial charge is 0.416 e. The van der Waals surface area contributed by atoms with Crippen LogP contribution >= 0.6 is 0 Å². The van der Waals surface area contributed by atoms with Crippen molar-refractivity contribution in [2.45, 2.75) is 26.4 Å². The molecule has 1 rings (SSSR count). The van der Waals surface area contributed by atoms with Gasteiger partial charge in [-0.05, 0) is 30.5 Å². The van der Waals surface area contributed by atoms with Crippen LogP contribution in [0.4, 0.5) is 13.2 Å². The van der Waals surface area contributed by atoms with Crippen LogP contribution in [-0.2, 0) is 15.7 Å². The van der Waals surface area contributed by atoms with Crippen molar-refractivity contribution >= 4 is 12.0 Å². The Kier molecular flexibility index (Phi) is 6.89. The van der Waals surface area contributed by atoms with Gasteiger partial charge in [0.05, 0.1) is 18.6 Å². The molecule has 0 spiro atoms. The minimum Gasteiger partial charge on any atom is -0.466 e. The summed E-state index contributed by atoms with van der Waals surface area (Å²) in [4.78, 5) is 11.1. The Balaban J connectivity index is 2.53. The minimum absolute atomic E-state index is 0.0664. The summed E-state index contributed by atoms with van der Waals surface area (Å²) in [5.41, 5.74) is 0.0330. The van der Waals surface area contributed by atoms with E-state index in [0.29, 0.717) is 12.2 Å². The van der Waals surface area contributed by atoms with E-state index in [1.165, 1.54) is 12.1 Å². The lowest BCUT2D eigenvalue weighted by atomic mass is 10.1. The Bertz CT molecular complexity index is 528. The number of ether oxygens (including phenoxy) is 1. The van der Waals surface area contributed by atoms with E-state index in [1.54, 1.807) is 19.1 Å². The fraction of sp³-hybridized carbons (Fsp3) is 0.353. The molecule has 2 nitrogen and oxygen atoms in total. The van der Waals surface area contributed by atoms with Gasteiger partial charge in [0.15, 0.2) is 0 Å². The summed E-state index contributed by atoms with van der Waals surface area (Å²) in [5, 5.41) is 0. The number of esters is 1. The number of hydrogen-bond donors (Lipinski definition) is 0. The lowest BCUT2D eigenvalue weighted by Gasteiger charge is -2.06. The van der Waals surface area contributed by atoms with Gasteiger partial charge in [0.25, 0.3) is 0 Å². The molecule has 0 N–H and O–H groups in total. The molecule has 0 aliphatic carbocycles.